The summed E-state index contributed by atoms with van der Waals surface area (Å²) in [7, 11) is 1.55. The second-order valence-corrected chi connectivity index (χ2v) is 10.3. The van der Waals surface area contributed by atoms with Crippen LogP contribution in [0.25, 0.3) is 10.2 Å². The van der Waals surface area contributed by atoms with E-state index in [1.54, 1.807) is 32.2 Å². The van der Waals surface area contributed by atoms with Crippen LogP contribution in [0.5, 0.6) is 5.75 Å². The van der Waals surface area contributed by atoms with Crippen LogP contribution in [0.15, 0.2) is 53.8 Å². The first kappa shape index (κ1) is 22.2. The van der Waals surface area contributed by atoms with E-state index in [0.29, 0.717) is 27.0 Å². The minimum Gasteiger partial charge on any atom is -0.503 e. The first-order valence-corrected chi connectivity index (χ1v) is 12.2. The number of aryl methyl sites for hydroxylation is 3. The van der Waals surface area contributed by atoms with Crippen LogP contribution < -0.4 is 9.64 Å². The van der Waals surface area contributed by atoms with Gasteiger partial charge in [0.05, 0.1) is 44.5 Å². The van der Waals surface area contributed by atoms with Gasteiger partial charge in [-0.15, -0.1) is 11.3 Å². The van der Waals surface area contributed by atoms with Gasteiger partial charge in [0.25, 0.3) is 5.91 Å². The van der Waals surface area contributed by atoms with Crippen LogP contribution in [-0.4, -0.2) is 33.9 Å². The fourth-order valence-electron chi connectivity index (χ4n) is 4.15. The van der Waals surface area contributed by atoms with Crippen molar-refractivity contribution in [1.29, 1.82) is 0 Å². The van der Waals surface area contributed by atoms with Gasteiger partial charge in [-0.05, 0) is 56.2 Å². The summed E-state index contributed by atoms with van der Waals surface area (Å²) in [6.07, 6.45) is 0. The number of benzene rings is 2. The number of anilines is 1. The van der Waals surface area contributed by atoms with Gasteiger partial charge in [0.15, 0.2) is 10.9 Å². The molecule has 9 heteroatoms. The van der Waals surface area contributed by atoms with E-state index >= 15 is 0 Å². The molecule has 0 aliphatic carbocycles. The summed E-state index contributed by atoms with van der Waals surface area (Å²) >= 11 is 2.59. The molecule has 0 spiro atoms. The molecule has 0 saturated heterocycles. The molecule has 1 aliphatic rings. The Morgan fingerprint density at radius 3 is 2.59 bits per heavy atom. The second kappa shape index (κ2) is 8.34. The van der Waals surface area contributed by atoms with Crippen molar-refractivity contribution < 1.29 is 19.4 Å². The highest BCUT2D eigenvalue weighted by Crippen LogP contribution is 2.45. The number of ether oxygens (including phenoxy) is 1. The van der Waals surface area contributed by atoms with Gasteiger partial charge >= 0.3 is 0 Å². The van der Waals surface area contributed by atoms with Crippen LogP contribution in [0.2, 0.25) is 0 Å². The zero-order valence-corrected chi connectivity index (χ0v) is 20.6. The van der Waals surface area contributed by atoms with Crippen molar-refractivity contribution in [3.8, 4) is 5.75 Å². The average Bonchev–Trinajstić information content (AvgIpc) is 3.46. The van der Waals surface area contributed by atoms with Crippen LogP contribution in [-0.2, 0) is 4.79 Å². The molecule has 172 valence electrons. The van der Waals surface area contributed by atoms with Crippen molar-refractivity contribution in [2.75, 3.05) is 12.0 Å². The molecule has 1 N–H and O–H groups in total. The summed E-state index contributed by atoms with van der Waals surface area (Å²) in [6, 6.07) is 12.1. The lowest BCUT2D eigenvalue weighted by atomic mass is 9.95. The fraction of sp³-hybridized carbons (Fsp3) is 0.200. The van der Waals surface area contributed by atoms with Crippen molar-refractivity contribution >= 4 is 49.7 Å². The molecule has 3 heterocycles. The van der Waals surface area contributed by atoms with E-state index in [-0.39, 0.29) is 5.57 Å². The number of aliphatic hydroxyl groups excluding tert-OH is 1. The number of nitrogens with zero attached hydrogens (tertiary/aromatic N) is 3. The molecule has 34 heavy (non-hydrogen) atoms. The summed E-state index contributed by atoms with van der Waals surface area (Å²) in [5.74, 6) is -1.07. The molecule has 1 amide bonds. The molecule has 7 nitrogen and oxygen atoms in total. The van der Waals surface area contributed by atoms with Crippen LogP contribution in [0.4, 0.5) is 5.13 Å². The molecule has 4 aromatic rings. The van der Waals surface area contributed by atoms with Crippen molar-refractivity contribution in [1.82, 2.24) is 9.97 Å². The summed E-state index contributed by atoms with van der Waals surface area (Å²) in [5, 5.41) is 12.1. The van der Waals surface area contributed by atoms with Gasteiger partial charge in [0.2, 0.25) is 5.78 Å². The fourth-order valence-corrected chi connectivity index (χ4v) is 6.11. The van der Waals surface area contributed by atoms with E-state index in [1.165, 1.54) is 27.6 Å². The van der Waals surface area contributed by atoms with E-state index in [2.05, 4.69) is 9.97 Å². The van der Waals surface area contributed by atoms with Gasteiger partial charge in [-0.1, -0.05) is 29.5 Å². The first-order chi connectivity index (χ1) is 16.3. The van der Waals surface area contributed by atoms with Crippen LogP contribution in [0.1, 0.15) is 37.5 Å². The predicted octanol–water partition coefficient (Wildman–Crippen LogP) is 5.47. The largest absolute Gasteiger partial charge is 0.503 e. The lowest BCUT2D eigenvalue weighted by Crippen LogP contribution is -2.31. The number of fused-ring (bicyclic) bond motifs is 1. The highest BCUT2D eigenvalue weighted by molar-refractivity contribution is 7.22. The van der Waals surface area contributed by atoms with Gasteiger partial charge in [-0.2, -0.15) is 0 Å². The number of thiazole rings is 2. The third-order valence-electron chi connectivity index (χ3n) is 5.71. The van der Waals surface area contributed by atoms with Crippen molar-refractivity contribution in [2.24, 2.45) is 0 Å². The number of aliphatic hydroxyl groups is 1. The average molecular weight is 492 g/mol. The third kappa shape index (κ3) is 3.57. The second-order valence-electron chi connectivity index (χ2n) is 8.06. The summed E-state index contributed by atoms with van der Waals surface area (Å²) in [6.45, 7) is 5.55. The minimum absolute atomic E-state index is 0.0143. The number of hydrogen-bond donors (Lipinski definition) is 1. The quantitative estimate of drug-likeness (QED) is 0.372. The highest BCUT2D eigenvalue weighted by atomic mass is 32.1. The van der Waals surface area contributed by atoms with Gasteiger partial charge in [-0.25, -0.2) is 9.97 Å². The van der Waals surface area contributed by atoms with E-state index in [0.717, 1.165) is 20.8 Å². The maximum Gasteiger partial charge on any atom is 0.296 e. The molecule has 0 fully saturated rings. The number of Topliss-reactive ketones (excluding diaryl/α,β-unsaturated/α-hetero) is 1. The zero-order valence-electron chi connectivity index (χ0n) is 18.9. The summed E-state index contributed by atoms with van der Waals surface area (Å²) < 4.78 is 6.30. The Kier molecular flexibility index (Phi) is 5.45. The smallest absolute Gasteiger partial charge is 0.296 e. The topological polar surface area (TPSA) is 92.6 Å². The molecule has 0 radical (unpaired) electrons. The summed E-state index contributed by atoms with van der Waals surface area (Å²) in [4.78, 5) is 37.9. The maximum atomic E-state index is 13.7. The summed E-state index contributed by atoms with van der Waals surface area (Å²) in [5.41, 5.74) is 3.04. The first-order valence-electron chi connectivity index (χ1n) is 10.5. The Morgan fingerprint density at radius 1 is 1.09 bits per heavy atom. The highest BCUT2D eigenvalue weighted by Gasteiger charge is 2.46. The van der Waals surface area contributed by atoms with Gasteiger partial charge in [0.1, 0.15) is 5.75 Å². The van der Waals surface area contributed by atoms with Crippen molar-refractivity contribution in [3.63, 3.8) is 0 Å². The molecule has 0 bridgehead atoms. The molecule has 5 rings (SSSR count). The van der Waals surface area contributed by atoms with Crippen molar-refractivity contribution in [3.05, 3.63) is 80.5 Å². The van der Waals surface area contributed by atoms with Gasteiger partial charge < -0.3 is 9.84 Å². The maximum absolute atomic E-state index is 13.7. The molecular weight excluding hydrogens is 470 g/mol. The number of aromatic nitrogens is 2. The zero-order chi connectivity index (χ0) is 24.1. The molecular formula is C25H21N3O4S2. The number of hydrogen-bond acceptors (Lipinski definition) is 8. The van der Waals surface area contributed by atoms with Crippen LogP contribution in [0.3, 0.4) is 0 Å². The Morgan fingerprint density at radius 2 is 1.88 bits per heavy atom. The molecule has 2 aromatic heterocycles. The number of carbonyl (C=O) groups excluding carboxylic acids is 2. The molecule has 1 unspecified atom stereocenters. The third-order valence-corrected chi connectivity index (χ3v) is 7.80. The van der Waals surface area contributed by atoms with Crippen LogP contribution >= 0.6 is 22.7 Å². The number of rotatable bonds is 5. The van der Waals surface area contributed by atoms with Crippen molar-refractivity contribution in [2.45, 2.75) is 26.8 Å². The van der Waals surface area contributed by atoms with Gasteiger partial charge in [-0.3, -0.25) is 14.5 Å². The number of methoxy groups -OCH3 is 1. The number of carbonyl (C=O) groups is 2. The molecule has 1 aliphatic heterocycles. The van der Waals surface area contributed by atoms with Crippen LogP contribution in [0, 0.1) is 20.8 Å². The molecule has 2 aromatic carbocycles. The number of ketones is 1. The Bertz CT molecular complexity index is 1500. The minimum atomic E-state index is -0.862. The Labute approximate surface area is 204 Å². The van der Waals surface area contributed by atoms with E-state index in [1.807, 2.05) is 38.1 Å². The predicted molar refractivity (Wildman–Crippen MR) is 133 cm³/mol. The molecule has 1 atom stereocenters. The normalized spacial score (nSPS) is 16.1. The van der Waals surface area contributed by atoms with Gasteiger partial charge in [0, 0.05) is 0 Å². The van der Waals surface area contributed by atoms with E-state index < -0.39 is 23.5 Å². The molecule has 0 saturated carbocycles. The standard InChI is InChI=1S/C25H21N3O4S2/c1-12-8-9-17-18(10-12)34-25(27-17)28-20(15-6-5-7-16(11-15)32-4)19(22(30)24(28)31)21(29)23-13(2)26-14(3)33-23/h5-11,20,30H,1-4H3. The Balaban J connectivity index is 1.70. The SMILES string of the molecule is COc1cccc(C2C(C(=O)c3sc(C)nc3C)=C(O)C(=O)N2c2nc3ccc(C)cc3s2)c1. The van der Waals surface area contributed by atoms with E-state index in [9.17, 15) is 14.7 Å². The lowest BCUT2D eigenvalue weighted by molar-refractivity contribution is -0.117. The Hall–Kier alpha value is -3.56. The number of amides is 1. The monoisotopic (exact) mass is 491 g/mol. The van der Waals surface area contributed by atoms with E-state index in [4.69, 9.17) is 4.74 Å². The lowest BCUT2D eigenvalue weighted by Gasteiger charge is -2.24.